The van der Waals surface area contributed by atoms with Gasteiger partial charge in [0.1, 0.15) is 5.75 Å². The molecule has 26 heavy (non-hydrogen) atoms. The summed E-state index contributed by atoms with van der Waals surface area (Å²) < 4.78 is 23.9. The van der Waals surface area contributed by atoms with E-state index in [1.54, 1.807) is 56.3 Å². The quantitative estimate of drug-likeness (QED) is 0.415. The molecule has 0 spiro atoms. The molecule has 8 heteroatoms. The fraction of sp³-hybridized carbons (Fsp3) is 0.222. The molecule has 0 saturated heterocycles. The van der Waals surface area contributed by atoms with E-state index in [-0.39, 0.29) is 30.0 Å². The molecule has 0 atom stereocenters. The minimum atomic E-state index is -3.74. The van der Waals surface area contributed by atoms with Crippen LogP contribution in [0.2, 0.25) is 0 Å². The summed E-state index contributed by atoms with van der Waals surface area (Å²) in [6, 6.07) is 14.7. The van der Waals surface area contributed by atoms with Crippen LogP contribution in [-0.2, 0) is 13.6 Å². The molecule has 138 valence electrons. The van der Waals surface area contributed by atoms with E-state index in [0.717, 1.165) is 0 Å². The molecule has 0 aliphatic carbocycles. The Kier molecular flexibility index (Phi) is 7.09. The lowest BCUT2D eigenvalue weighted by Crippen LogP contribution is -2.21. The van der Waals surface area contributed by atoms with Crippen molar-refractivity contribution in [2.24, 2.45) is 5.10 Å². The Bertz CT molecular complexity index is 813. The first-order chi connectivity index (χ1) is 12.5. The Labute approximate surface area is 152 Å². The van der Waals surface area contributed by atoms with Crippen LogP contribution < -0.4 is 5.43 Å². The third-order valence-corrected chi connectivity index (χ3v) is 5.37. The average molecular weight is 376 g/mol. The molecular formula is C18H21N2O5P. The second-order valence-corrected chi connectivity index (χ2v) is 7.03. The minimum absolute atomic E-state index is 0.00873. The summed E-state index contributed by atoms with van der Waals surface area (Å²) in [6.45, 7) is 3.68. The van der Waals surface area contributed by atoms with Crippen molar-refractivity contribution >= 4 is 19.0 Å². The molecule has 0 aliphatic rings. The van der Waals surface area contributed by atoms with Crippen LogP contribution in [0.5, 0.6) is 5.75 Å². The van der Waals surface area contributed by atoms with Gasteiger partial charge in [-0.15, -0.1) is 0 Å². The van der Waals surface area contributed by atoms with Crippen LogP contribution in [0.15, 0.2) is 59.7 Å². The van der Waals surface area contributed by atoms with E-state index < -0.39 is 13.5 Å². The summed E-state index contributed by atoms with van der Waals surface area (Å²) in [5.41, 5.74) is 2.85. The monoisotopic (exact) mass is 376 g/mol. The second-order valence-electron chi connectivity index (χ2n) is 5.09. The van der Waals surface area contributed by atoms with Crippen molar-refractivity contribution in [3.05, 3.63) is 65.7 Å². The number of hydrogen-bond acceptors (Lipinski definition) is 6. The summed E-state index contributed by atoms with van der Waals surface area (Å²) in [7, 11) is -3.74. The van der Waals surface area contributed by atoms with Gasteiger partial charge >= 0.3 is 7.60 Å². The predicted molar refractivity (Wildman–Crippen MR) is 99.4 cm³/mol. The number of rotatable bonds is 8. The highest BCUT2D eigenvalue weighted by molar-refractivity contribution is 7.73. The van der Waals surface area contributed by atoms with E-state index in [1.807, 2.05) is 0 Å². The SMILES string of the molecule is CCOP(=O)(OCC)/C(=N\NC(=O)c1ccccc1O)c1ccccc1. The molecule has 0 saturated carbocycles. The number of benzene rings is 2. The Morgan fingerprint density at radius 2 is 1.62 bits per heavy atom. The van der Waals surface area contributed by atoms with Crippen LogP contribution in [0.4, 0.5) is 0 Å². The zero-order valence-electron chi connectivity index (χ0n) is 14.6. The van der Waals surface area contributed by atoms with Crippen molar-refractivity contribution in [1.29, 1.82) is 0 Å². The Balaban J connectivity index is 2.40. The summed E-state index contributed by atoms with van der Waals surface area (Å²) in [4.78, 5) is 12.3. The van der Waals surface area contributed by atoms with Gasteiger partial charge in [-0.2, -0.15) is 5.10 Å². The van der Waals surface area contributed by atoms with E-state index in [4.69, 9.17) is 9.05 Å². The van der Waals surface area contributed by atoms with E-state index in [1.165, 1.54) is 12.1 Å². The fourth-order valence-corrected chi connectivity index (χ4v) is 3.84. The molecule has 0 aromatic heterocycles. The number of hydrogen-bond donors (Lipinski definition) is 2. The van der Waals surface area contributed by atoms with Crippen LogP contribution in [0.3, 0.4) is 0 Å². The number of aromatic hydroxyl groups is 1. The number of carbonyl (C=O) groups is 1. The van der Waals surface area contributed by atoms with Gasteiger partial charge in [0.15, 0.2) is 5.45 Å². The molecule has 2 aromatic carbocycles. The summed E-state index contributed by atoms with van der Waals surface area (Å²) in [5, 5.41) is 13.8. The van der Waals surface area contributed by atoms with Crippen LogP contribution >= 0.6 is 7.60 Å². The Hall–Kier alpha value is -2.47. The molecule has 1 amide bonds. The van der Waals surface area contributed by atoms with Gasteiger partial charge in [0, 0.05) is 5.56 Å². The number of carbonyl (C=O) groups excluding carboxylic acids is 1. The predicted octanol–water partition coefficient (Wildman–Crippen LogP) is 3.75. The van der Waals surface area contributed by atoms with Crippen molar-refractivity contribution in [3.63, 3.8) is 0 Å². The molecule has 2 N–H and O–H groups in total. The maximum absolute atomic E-state index is 13.2. The largest absolute Gasteiger partial charge is 0.507 e. The van der Waals surface area contributed by atoms with Crippen molar-refractivity contribution in [1.82, 2.24) is 5.43 Å². The maximum atomic E-state index is 13.2. The second kappa shape index (κ2) is 9.29. The van der Waals surface area contributed by atoms with E-state index >= 15 is 0 Å². The van der Waals surface area contributed by atoms with Gasteiger partial charge in [-0.1, -0.05) is 42.5 Å². The van der Waals surface area contributed by atoms with Gasteiger partial charge in [0.05, 0.1) is 18.8 Å². The third kappa shape index (κ3) is 4.79. The maximum Gasteiger partial charge on any atom is 0.381 e. The smallest absolute Gasteiger partial charge is 0.381 e. The van der Waals surface area contributed by atoms with Gasteiger partial charge in [-0.3, -0.25) is 9.36 Å². The molecule has 0 unspecified atom stereocenters. The van der Waals surface area contributed by atoms with Crippen molar-refractivity contribution in [2.75, 3.05) is 13.2 Å². The summed E-state index contributed by atoms with van der Waals surface area (Å²) >= 11 is 0. The van der Waals surface area contributed by atoms with Crippen LogP contribution in [0, 0.1) is 0 Å². The van der Waals surface area contributed by atoms with Crippen LogP contribution in [0.1, 0.15) is 29.8 Å². The number of nitrogens with zero attached hydrogens (tertiary/aromatic N) is 1. The molecular weight excluding hydrogens is 355 g/mol. The van der Waals surface area contributed by atoms with Crippen LogP contribution in [0.25, 0.3) is 0 Å². The number of phenols is 1. The first-order valence-corrected chi connectivity index (χ1v) is 9.67. The van der Waals surface area contributed by atoms with Gasteiger partial charge in [-0.05, 0) is 26.0 Å². The lowest BCUT2D eigenvalue weighted by atomic mass is 10.2. The van der Waals surface area contributed by atoms with Crippen molar-refractivity contribution in [2.45, 2.75) is 13.8 Å². The van der Waals surface area contributed by atoms with E-state index in [0.29, 0.717) is 5.56 Å². The van der Waals surface area contributed by atoms with E-state index in [9.17, 15) is 14.5 Å². The number of amides is 1. The van der Waals surface area contributed by atoms with Gasteiger partial charge in [0.2, 0.25) is 0 Å². The highest BCUT2D eigenvalue weighted by Crippen LogP contribution is 2.51. The van der Waals surface area contributed by atoms with E-state index in [2.05, 4.69) is 10.5 Å². The lowest BCUT2D eigenvalue weighted by molar-refractivity contribution is 0.0952. The normalized spacial score (nSPS) is 12.0. The summed E-state index contributed by atoms with van der Waals surface area (Å²) in [6.07, 6.45) is 0. The molecule has 2 rings (SSSR count). The lowest BCUT2D eigenvalue weighted by Gasteiger charge is -2.19. The van der Waals surface area contributed by atoms with Gasteiger partial charge < -0.3 is 14.2 Å². The first kappa shape index (κ1) is 19.8. The van der Waals surface area contributed by atoms with Crippen molar-refractivity contribution < 1.29 is 23.5 Å². The topological polar surface area (TPSA) is 97.2 Å². The van der Waals surface area contributed by atoms with Gasteiger partial charge in [-0.25, -0.2) is 5.43 Å². The third-order valence-electron chi connectivity index (χ3n) is 3.30. The zero-order chi connectivity index (χ0) is 19.0. The first-order valence-electron chi connectivity index (χ1n) is 8.13. The summed E-state index contributed by atoms with van der Waals surface area (Å²) in [5.74, 6) is -0.824. The van der Waals surface area contributed by atoms with Crippen LogP contribution in [-0.4, -0.2) is 29.7 Å². The average Bonchev–Trinajstić information content (AvgIpc) is 2.63. The number of phenolic OH excluding ortho intramolecular Hbond substituents is 1. The molecule has 2 aromatic rings. The van der Waals surface area contributed by atoms with Crippen molar-refractivity contribution in [3.8, 4) is 5.75 Å². The number of hydrazone groups is 1. The standard InChI is InChI=1S/C18H21N2O5P/c1-3-24-26(23,25-4-2)18(14-10-6-5-7-11-14)20-19-17(22)15-12-8-9-13-16(15)21/h5-13,21H,3-4H2,1-2H3,(H,19,22)/b20-18-. The fourth-order valence-electron chi connectivity index (χ4n) is 2.20. The molecule has 7 nitrogen and oxygen atoms in total. The number of nitrogens with one attached hydrogen (secondary N) is 1. The van der Waals surface area contributed by atoms with Gasteiger partial charge in [0.25, 0.3) is 5.91 Å². The Morgan fingerprint density at radius 3 is 2.19 bits per heavy atom. The molecule has 0 heterocycles. The highest BCUT2D eigenvalue weighted by Gasteiger charge is 2.33. The molecule has 0 bridgehead atoms. The molecule has 0 fully saturated rings. The number of para-hydroxylation sites is 1. The Morgan fingerprint density at radius 1 is 1.04 bits per heavy atom. The zero-order valence-corrected chi connectivity index (χ0v) is 15.5. The molecule has 0 radical (unpaired) electrons. The molecule has 0 aliphatic heterocycles. The minimum Gasteiger partial charge on any atom is -0.507 e. The highest BCUT2D eigenvalue weighted by atomic mass is 31.2.